The predicted octanol–water partition coefficient (Wildman–Crippen LogP) is 6.82. The molecule has 2 unspecified atom stereocenters. The monoisotopic (exact) mass is 711 g/mol. The van der Waals surface area contributed by atoms with Gasteiger partial charge in [-0.2, -0.15) is 0 Å². The Bertz CT molecular complexity index is 1290. The van der Waals surface area contributed by atoms with Crippen LogP contribution in [-0.4, -0.2) is 42.1 Å². The molecule has 278 valence electrons. The summed E-state index contributed by atoms with van der Waals surface area (Å²) in [6, 6.07) is 11.0. The number of aryl methyl sites for hydroxylation is 1. The number of methoxy groups -OCH3 is 2. The predicted molar refractivity (Wildman–Crippen MR) is 199 cm³/mol. The number of carbonyl (C=O) groups excluding carboxylic acids is 2. The van der Waals surface area contributed by atoms with Gasteiger partial charge in [0.1, 0.15) is 18.4 Å². The average molecular weight is 712 g/mol. The number of aliphatic hydroxyl groups excluding tert-OH is 1. The first-order valence-electron chi connectivity index (χ1n) is 18.5. The fourth-order valence-corrected chi connectivity index (χ4v) is 5.86. The number of halogens is 1. The summed E-state index contributed by atoms with van der Waals surface area (Å²) in [5, 5.41) is 19.2. The number of carbonyl (C=O) groups is 2. The highest BCUT2D eigenvalue weighted by atomic mass is 35.5. The average Bonchev–Trinajstić information content (AvgIpc) is 3.11. The molecule has 1 aliphatic carbocycles. The summed E-state index contributed by atoms with van der Waals surface area (Å²) in [6.45, 7) is 3.47. The Morgan fingerprint density at radius 1 is 0.820 bits per heavy atom. The number of allylic oxidation sites excluding steroid dienone is 4. The van der Waals surface area contributed by atoms with E-state index < -0.39 is 0 Å². The van der Waals surface area contributed by atoms with E-state index in [1.54, 1.807) is 30.4 Å². The van der Waals surface area contributed by atoms with Gasteiger partial charge in [-0.1, -0.05) is 108 Å². The molecular formula is C42H62ClNO6. The minimum Gasteiger partial charge on any atom is -1.00 e. The Labute approximate surface area is 307 Å². The lowest BCUT2D eigenvalue weighted by Crippen LogP contribution is -3.00. The number of benzene rings is 1. The van der Waals surface area contributed by atoms with Crippen LogP contribution in [0.25, 0.3) is 6.08 Å². The third kappa shape index (κ3) is 20.3. The zero-order chi connectivity index (χ0) is 35.5. The highest BCUT2D eigenvalue weighted by molar-refractivity contribution is 6.09. The second kappa shape index (κ2) is 28.3. The maximum Gasteiger partial charge on any atom is 0.168 e. The van der Waals surface area contributed by atoms with Crippen molar-refractivity contribution in [3.8, 4) is 11.5 Å². The number of unbranched alkanes of at least 4 members (excludes halogenated alkanes) is 13. The number of aromatic nitrogens is 1. The lowest BCUT2D eigenvalue weighted by atomic mass is 9.90. The van der Waals surface area contributed by atoms with Crippen LogP contribution in [-0.2, 0) is 20.9 Å². The van der Waals surface area contributed by atoms with Gasteiger partial charge in [0.2, 0.25) is 0 Å². The van der Waals surface area contributed by atoms with Crippen LogP contribution >= 0.6 is 0 Å². The molecule has 0 saturated heterocycles. The Morgan fingerprint density at radius 3 is 1.98 bits per heavy atom. The quantitative estimate of drug-likeness (QED) is 0.0568. The fraction of sp³-hybridized carbons (Fsp3) is 0.548. The standard InChI is InChI=1S/C21H38N.C21H24O6.ClH/c1-2-3-4-5-6-7-8-9-10-11-12-13-14-16-19-22-20-17-15-18-21-22;1-26-20-11-14(5-9-18(20)24)3-7-16(22)13-17(23)8-4-15-6-10-19(25)21(12-15)27-2;/h15,17-18,20-21H,2-14,16,19H2,1H3;3-5,7-11,15,21,24-25H,6,12-13H2,1-2H3;1H/q+1;;/p-1/b;7-3+,8-4+;. The summed E-state index contributed by atoms with van der Waals surface area (Å²) in [5.74, 6) is 0.0475. The number of hydrogen-bond donors (Lipinski definition) is 2. The van der Waals surface area contributed by atoms with Gasteiger partial charge in [-0.05, 0) is 61.1 Å². The normalized spacial score (nSPS) is 15.6. The van der Waals surface area contributed by atoms with Gasteiger partial charge in [-0.15, -0.1) is 0 Å². The van der Waals surface area contributed by atoms with Gasteiger partial charge in [0.25, 0.3) is 0 Å². The Morgan fingerprint density at radius 2 is 1.40 bits per heavy atom. The van der Waals surface area contributed by atoms with Crippen LogP contribution in [0.5, 0.6) is 11.5 Å². The molecule has 2 atom stereocenters. The highest BCUT2D eigenvalue weighted by Gasteiger charge is 2.22. The van der Waals surface area contributed by atoms with E-state index in [1.807, 2.05) is 0 Å². The lowest BCUT2D eigenvalue weighted by Gasteiger charge is -2.23. The molecule has 0 fully saturated rings. The van der Waals surface area contributed by atoms with Crippen LogP contribution in [0.15, 0.2) is 78.9 Å². The molecule has 2 N–H and O–H groups in total. The minimum absolute atomic E-state index is 0. The Balaban J connectivity index is 0.000000501. The van der Waals surface area contributed by atoms with Crippen molar-refractivity contribution < 1.29 is 46.2 Å². The van der Waals surface area contributed by atoms with Crippen molar-refractivity contribution in [1.82, 2.24) is 0 Å². The van der Waals surface area contributed by atoms with E-state index in [1.165, 1.54) is 129 Å². The van der Waals surface area contributed by atoms with E-state index in [-0.39, 0.29) is 53.9 Å². The molecule has 50 heavy (non-hydrogen) atoms. The Hall–Kier alpha value is -3.42. The van der Waals surface area contributed by atoms with Crippen molar-refractivity contribution in [3.63, 3.8) is 0 Å². The first kappa shape index (κ1) is 44.6. The summed E-state index contributed by atoms with van der Waals surface area (Å²) in [6.07, 6.45) is 32.9. The van der Waals surface area contributed by atoms with E-state index in [9.17, 15) is 19.8 Å². The second-order valence-electron chi connectivity index (χ2n) is 13.0. The molecule has 1 aromatic carbocycles. The molecule has 1 aliphatic rings. The lowest BCUT2D eigenvalue weighted by molar-refractivity contribution is -0.697. The summed E-state index contributed by atoms with van der Waals surface area (Å²) in [5.41, 5.74) is 0.681. The molecule has 3 rings (SSSR count). The molecule has 8 heteroatoms. The third-order valence-electron chi connectivity index (χ3n) is 8.88. The van der Waals surface area contributed by atoms with Gasteiger partial charge in [-0.25, -0.2) is 4.57 Å². The summed E-state index contributed by atoms with van der Waals surface area (Å²) < 4.78 is 12.5. The number of pyridine rings is 1. The maximum absolute atomic E-state index is 12.0. The second-order valence-corrected chi connectivity index (χ2v) is 13.0. The van der Waals surface area contributed by atoms with Gasteiger partial charge >= 0.3 is 0 Å². The van der Waals surface area contributed by atoms with Gasteiger partial charge < -0.3 is 32.1 Å². The van der Waals surface area contributed by atoms with Crippen LogP contribution in [0.1, 0.15) is 122 Å². The highest BCUT2D eigenvalue weighted by Crippen LogP contribution is 2.27. The topological polar surface area (TPSA) is 96.9 Å². The molecule has 0 saturated carbocycles. The molecule has 7 nitrogen and oxygen atoms in total. The largest absolute Gasteiger partial charge is 1.00 e. The third-order valence-corrected chi connectivity index (χ3v) is 8.88. The first-order chi connectivity index (χ1) is 23.9. The van der Waals surface area contributed by atoms with Crippen molar-refractivity contribution in [2.75, 3.05) is 14.2 Å². The van der Waals surface area contributed by atoms with Crippen molar-refractivity contribution >= 4 is 17.6 Å². The summed E-state index contributed by atoms with van der Waals surface area (Å²) in [4.78, 5) is 23.9. The molecule has 0 radical (unpaired) electrons. The summed E-state index contributed by atoms with van der Waals surface area (Å²) in [7, 11) is 2.97. The molecule has 0 aliphatic heterocycles. The molecule has 0 spiro atoms. The number of rotatable bonds is 23. The van der Waals surface area contributed by atoms with Crippen LogP contribution in [0.2, 0.25) is 0 Å². The number of ketones is 2. The van der Waals surface area contributed by atoms with E-state index in [0.29, 0.717) is 24.2 Å². The van der Waals surface area contributed by atoms with E-state index >= 15 is 0 Å². The van der Waals surface area contributed by atoms with Gasteiger partial charge in [0.15, 0.2) is 35.5 Å². The van der Waals surface area contributed by atoms with E-state index in [0.717, 1.165) is 0 Å². The fourth-order valence-electron chi connectivity index (χ4n) is 5.86. The maximum atomic E-state index is 12.0. The number of aromatic hydroxyl groups is 1. The van der Waals surface area contributed by atoms with E-state index in [4.69, 9.17) is 9.47 Å². The SMILES string of the molecule is CCCCCCCCCCCCCCCC[n+]1ccccc1.COc1cc(/C=C/C(=O)CC(=O)/C=C/C2CC=C(O)C(OC)C2)ccc1O.[Cl-]. The molecular weight excluding hydrogens is 650 g/mol. The van der Waals surface area contributed by atoms with Gasteiger partial charge in [0.05, 0.1) is 13.5 Å². The number of hydrogen-bond acceptors (Lipinski definition) is 6. The molecule has 1 aromatic heterocycles. The van der Waals surface area contributed by atoms with Gasteiger partial charge in [0, 0.05) is 25.7 Å². The number of aliphatic hydroxyl groups is 1. The number of phenolic OH excluding ortho intramolecular Hbond substituents is 1. The number of ether oxygens (including phenoxy) is 2. The zero-order valence-electron chi connectivity index (χ0n) is 30.7. The van der Waals surface area contributed by atoms with Crippen LogP contribution in [0.4, 0.5) is 0 Å². The van der Waals surface area contributed by atoms with Crippen molar-refractivity contribution in [2.24, 2.45) is 5.92 Å². The molecule has 1 heterocycles. The minimum atomic E-state index is -0.352. The van der Waals surface area contributed by atoms with Gasteiger partial charge in [-0.3, -0.25) is 9.59 Å². The van der Waals surface area contributed by atoms with Crippen molar-refractivity contribution in [1.29, 1.82) is 0 Å². The van der Waals surface area contributed by atoms with Crippen LogP contribution in [0, 0.1) is 5.92 Å². The zero-order valence-corrected chi connectivity index (χ0v) is 31.5. The molecule has 2 aromatic rings. The number of phenols is 1. The smallest absolute Gasteiger partial charge is 0.168 e. The van der Waals surface area contributed by atoms with E-state index in [2.05, 4.69) is 42.1 Å². The summed E-state index contributed by atoms with van der Waals surface area (Å²) >= 11 is 0. The molecule has 0 amide bonds. The number of nitrogens with zero attached hydrogens (tertiary/aromatic N) is 1. The van der Waals surface area contributed by atoms with Crippen LogP contribution < -0.4 is 21.7 Å². The van der Waals surface area contributed by atoms with Crippen molar-refractivity contribution in [2.45, 2.75) is 129 Å². The Kier molecular flexibility index (Phi) is 25.2. The first-order valence-corrected chi connectivity index (χ1v) is 18.5. The van der Waals surface area contributed by atoms with Crippen molar-refractivity contribution in [3.05, 3.63) is 84.4 Å². The van der Waals surface area contributed by atoms with Crippen LogP contribution in [0.3, 0.4) is 0 Å². The molecule has 0 bridgehead atoms.